The third-order valence-corrected chi connectivity index (χ3v) is 8.37. The highest BCUT2D eigenvalue weighted by molar-refractivity contribution is 7.15. The fourth-order valence-electron chi connectivity index (χ4n) is 5.13. The SMILES string of the molecule is Cc1ccccc1NC(=O)OCc1ccc(-c2[nH]nc3c2Cc2cc(CN4CCN(C)CC4)ccc2-3)s1. The van der Waals surface area contributed by atoms with Crippen LogP contribution in [0.1, 0.15) is 27.1 Å². The molecule has 2 aromatic carbocycles. The predicted octanol–water partition coefficient (Wildman–Crippen LogP) is 5.51. The maximum absolute atomic E-state index is 12.3. The van der Waals surface area contributed by atoms with E-state index in [4.69, 9.17) is 4.74 Å². The van der Waals surface area contributed by atoms with Gasteiger partial charge in [-0.15, -0.1) is 11.3 Å². The van der Waals surface area contributed by atoms with Crippen molar-refractivity contribution in [3.63, 3.8) is 0 Å². The van der Waals surface area contributed by atoms with E-state index in [1.54, 1.807) is 11.3 Å². The Bertz CT molecular complexity index is 1430. The predicted molar refractivity (Wildman–Crippen MR) is 148 cm³/mol. The number of aryl methyl sites for hydroxylation is 1. The molecule has 7 nitrogen and oxygen atoms in total. The van der Waals surface area contributed by atoms with Crippen LogP contribution < -0.4 is 5.32 Å². The third-order valence-electron chi connectivity index (χ3n) is 7.30. The molecule has 4 aromatic rings. The smallest absolute Gasteiger partial charge is 0.411 e. The second-order valence-corrected chi connectivity index (χ2v) is 11.1. The van der Waals surface area contributed by atoms with Crippen molar-refractivity contribution < 1.29 is 9.53 Å². The average Bonchev–Trinajstić information content (AvgIpc) is 3.61. The van der Waals surface area contributed by atoms with Crippen LogP contribution in [0.3, 0.4) is 0 Å². The fourth-order valence-corrected chi connectivity index (χ4v) is 6.07. The van der Waals surface area contributed by atoms with E-state index in [9.17, 15) is 4.79 Å². The molecule has 1 fully saturated rings. The van der Waals surface area contributed by atoms with E-state index in [1.165, 1.54) is 22.3 Å². The largest absolute Gasteiger partial charge is 0.444 e. The number of amides is 1. The Morgan fingerprint density at radius 3 is 2.78 bits per heavy atom. The molecular weight excluding hydrogens is 482 g/mol. The molecule has 2 aliphatic rings. The number of hydrogen-bond acceptors (Lipinski definition) is 6. The zero-order chi connectivity index (χ0) is 25.4. The summed E-state index contributed by atoms with van der Waals surface area (Å²) in [7, 11) is 2.19. The molecule has 0 atom stereocenters. The third kappa shape index (κ3) is 5.05. The van der Waals surface area contributed by atoms with Gasteiger partial charge in [0, 0.05) is 60.8 Å². The molecule has 2 N–H and O–H groups in total. The molecule has 6 rings (SSSR count). The van der Waals surface area contributed by atoms with Gasteiger partial charge in [-0.3, -0.25) is 15.3 Å². The van der Waals surface area contributed by atoms with Crippen molar-refractivity contribution in [1.82, 2.24) is 20.0 Å². The lowest BCUT2D eigenvalue weighted by molar-refractivity contribution is 0.148. The summed E-state index contributed by atoms with van der Waals surface area (Å²) in [5, 5.41) is 10.8. The number of nitrogens with zero attached hydrogens (tertiary/aromatic N) is 3. The molecule has 3 heterocycles. The minimum absolute atomic E-state index is 0.231. The first-order valence-electron chi connectivity index (χ1n) is 12.7. The summed E-state index contributed by atoms with van der Waals surface area (Å²) >= 11 is 1.63. The van der Waals surface area contributed by atoms with Crippen LogP contribution in [0.4, 0.5) is 10.5 Å². The van der Waals surface area contributed by atoms with Gasteiger partial charge in [0.25, 0.3) is 0 Å². The van der Waals surface area contributed by atoms with Gasteiger partial charge < -0.3 is 9.64 Å². The molecule has 0 radical (unpaired) electrons. The van der Waals surface area contributed by atoms with Gasteiger partial charge in [0.1, 0.15) is 6.61 Å². The van der Waals surface area contributed by atoms with Gasteiger partial charge in [0.15, 0.2) is 0 Å². The van der Waals surface area contributed by atoms with Gasteiger partial charge in [0.05, 0.1) is 16.3 Å². The monoisotopic (exact) mass is 513 g/mol. The number of rotatable bonds is 6. The number of benzene rings is 2. The van der Waals surface area contributed by atoms with E-state index < -0.39 is 6.09 Å². The summed E-state index contributed by atoms with van der Waals surface area (Å²) in [6.45, 7) is 7.70. The lowest BCUT2D eigenvalue weighted by atomic mass is 10.0. The molecule has 0 saturated carbocycles. The summed E-state index contributed by atoms with van der Waals surface area (Å²) in [5.41, 5.74) is 9.08. The van der Waals surface area contributed by atoms with Gasteiger partial charge in [-0.2, -0.15) is 5.10 Å². The van der Waals surface area contributed by atoms with Crippen molar-refractivity contribution in [2.45, 2.75) is 26.5 Å². The number of carbonyl (C=O) groups excluding carboxylic acids is 1. The molecule has 8 heteroatoms. The standard InChI is InChI=1S/C29H31N5O2S/c1-19-5-3-4-6-25(19)30-29(35)36-18-22-8-10-26(37-22)28-24-16-21-15-20(7-9-23(21)27(24)31-32-28)17-34-13-11-33(2)12-14-34/h3-10,15H,11-14,16-18H2,1-2H3,(H,30,35)(H,31,32). The highest BCUT2D eigenvalue weighted by Gasteiger charge is 2.26. The molecule has 0 bridgehead atoms. The Balaban J connectivity index is 1.10. The quantitative estimate of drug-likeness (QED) is 0.313. The van der Waals surface area contributed by atoms with Crippen LogP contribution in [0.15, 0.2) is 54.6 Å². The molecule has 0 spiro atoms. The van der Waals surface area contributed by atoms with E-state index in [-0.39, 0.29) is 6.61 Å². The first kappa shape index (κ1) is 23.9. The molecule has 1 aliphatic heterocycles. The molecule has 2 aromatic heterocycles. The zero-order valence-electron chi connectivity index (χ0n) is 21.2. The van der Waals surface area contributed by atoms with Crippen LogP contribution >= 0.6 is 11.3 Å². The van der Waals surface area contributed by atoms with Crippen LogP contribution in [0.2, 0.25) is 0 Å². The number of anilines is 1. The summed E-state index contributed by atoms with van der Waals surface area (Å²) in [5.74, 6) is 0. The lowest BCUT2D eigenvalue weighted by Crippen LogP contribution is -2.43. The first-order chi connectivity index (χ1) is 18.0. The summed E-state index contributed by atoms with van der Waals surface area (Å²) in [6, 6.07) is 18.6. The number of H-pyrrole nitrogens is 1. The second-order valence-electron chi connectivity index (χ2n) is 9.96. The molecule has 190 valence electrons. The Morgan fingerprint density at radius 2 is 1.95 bits per heavy atom. The number of aromatic nitrogens is 2. The number of para-hydroxylation sites is 1. The second kappa shape index (κ2) is 10.1. The molecule has 0 unspecified atom stereocenters. The first-order valence-corrected chi connectivity index (χ1v) is 13.5. The van der Waals surface area contributed by atoms with Crippen molar-refractivity contribution in [2.24, 2.45) is 0 Å². The average molecular weight is 514 g/mol. The molecular formula is C29H31N5O2S. The number of carbonyl (C=O) groups is 1. The fraction of sp³-hybridized carbons (Fsp3) is 0.310. The topological polar surface area (TPSA) is 73.5 Å². The van der Waals surface area contributed by atoms with Crippen LogP contribution in [-0.4, -0.2) is 59.3 Å². The van der Waals surface area contributed by atoms with E-state index in [1.807, 2.05) is 37.3 Å². The number of hydrogen-bond donors (Lipinski definition) is 2. The molecule has 1 amide bonds. The number of nitrogens with one attached hydrogen (secondary N) is 2. The summed E-state index contributed by atoms with van der Waals surface area (Å²) in [6.07, 6.45) is 0.435. The number of ether oxygens (including phenoxy) is 1. The Hall–Kier alpha value is -3.46. The van der Waals surface area contributed by atoms with Crippen molar-refractivity contribution in [2.75, 3.05) is 38.5 Å². The number of fused-ring (bicyclic) bond motifs is 3. The van der Waals surface area contributed by atoms with Gasteiger partial charge in [-0.25, -0.2) is 4.79 Å². The van der Waals surface area contributed by atoms with Gasteiger partial charge in [-0.1, -0.05) is 36.4 Å². The number of thiophene rings is 1. The van der Waals surface area contributed by atoms with Crippen molar-refractivity contribution in [1.29, 1.82) is 0 Å². The zero-order valence-corrected chi connectivity index (χ0v) is 22.0. The Kier molecular flexibility index (Phi) is 6.54. The molecule has 37 heavy (non-hydrogen) atoms. The van der Waals surface area contributed by atoms with Crippen molar-refractivity contribution >= 4 is 23.1 Å². The van der Waals surface area contributed by atoms with Crippen LogP contribution in [-0.2, 0) is 24.3 Å². The number of piperazine rings is 1. The maximum Gasteiger partial charge on any atom is 0.411 e. The van der Waals surface area contributed by atoms with E-state index in [0.717, 1.165) is 71.5 Å². The lowest BCUT2D eigenvalue weighted by Gasteiger charge is -2.32. The summed E-state index contributed by atoms with van der Waals surface area (Å²) < 4.78 is 5.47. The summed E-state index contributed by atoms with van der Waals surface area (Å²) in [4.78, 5) is 19.3. The highest BCUT2D eigenvalue weighted by atomic mass is 32.1. The minimum Gasteiger partial charge on any atom is -0.444 e. The Morgan fingerprint density at radius 1 is 1.11 bits per heavy atom. The minimum atomic E-state index is -0.450. The van der Waals surface area contributed by atoms with Crippen molar-refractivity contribution in [3.8, 4) is 21.8 Å². The van der Waals surface area contributed by atoms with Gasteiger partial charge in [0.2, 0.25) is 0 Å². The normalized spacial score (nSPS) is 15.4. The van der Waals surface area contributed by atoms with E-state index >= 15 is 0 Å². The van der Waals surface area contributed by atoms with E-state index in [2.05, 4.69) is 56.6 Å². The highest BCUT2D eigenvalue weighted by Crippen LogP contribution is 2.42. The van der Waals surface area contributed by atoms with Crippen LogP contribution in [0.25, 0.3) is 21.8 Å². The Labute approximate surface area is 221 Å². The van der Waals surface area contributed by atoms with Crippen molar-refractivity contribution in [3.05, 3.63) is 81.7 Å². The van der Waals surface area contributed by atoms with Gasteiger partial charge in [-0.05, 0) is 48.9 Å². The molecule has 1 saturated heterocycles. The number of likely N-dealkylation sites (N-methyl/N-ethyl adjacent to an activating group) is 1. The van der Waals surface area contributed by atoms with E-state index in [0.29, 0.717) is 0 Å². The number of aromatic amines is 1. The molecule has 1 aliphatic carbocycles. The van der Waals surface area contributed by atoms with Crippen LogP contribution in [0.5, 0.6) is 0 Å². The maximum atomic E-state index is 12.3. The van der Waals surface area contributed by atoms with Crippen LogP contribution in [0, 0.1) is 6.92 Å². The van der Waals surface area contributed by atoms with Gasteiger partial charge >= 0.3 is 6.09 Å².